The molecule has 3 nitrogen and oxygen atoms in total. The lowest BCUT2D eigenvalue weighted by Gasteiger charge is -2.06. The van der Waals surface area contributed by atoms with E-state index in [1.807, 2.05) is 60.8 Å². The summed E-state index contributed by atoms with van der Waals surface area (Å²) < 4.78 is 0. The highest BCUT2D eigenvalue weighted by Crippen LogP contribution is 2.23. The van der Waals surface area contributed by atoms with Gasteiger partial charge in [-0.3, -0.25) is 4.79 Å². The number of aromatic nitrogens is 1. The molecule has 0 unspecified atom stereocenters. The number of carbonyl (C=O) groups excluding carboxylic acids is 1. The van der Waals surface area contributed by atoms with Crippen LogP contribution in [0.25, 0.3) is 10.6 Å². The summed E-state index contributed by atoms with van der Waals surface area (Å²) in [6, 6.07) is 15.2. The van der Waals surface area contributed by atoms with E-state index < -0.39 is 0 Å². The highest BCUT2D eigenvalue weighted by Gasteiger charge is 2.06. The summed E-state index contributed by atoms with van der Waals surface area (Å²) in [5.41, 5.74) is 3.63. The quantitative estimate of drug-likeness (QED) is 0.779. The summed E-state index contributed by atoms with van der Waals surface area (Å²) in [5.74, 6) is -0.100. The van der Waals surface area contributed by atoms with E-state index >= 15 is 0 Å². The molecule has 0 radical (unpaired) electrons. The van der Waals surface area contributed by atoms with E-state index in [0.717, 1.165) is 21.8 Å². The standard InChI is InChI=1S/C17H14N2OS/c1-12-2-4-13(5-3-12)16(20)19-15-8-6-14(7-9-15)17-18-10-11-21-17/h2-11H,1H3,(H,19,20). The maximum Gasteiger partial charge on any atom is 0.255 e. The fourth-order valence-electron chi connectivity index (χ4n) is 1.97. The number of anilines is 1. The van der Waals surface area contributed by atoms with Crippen LogP contribution in [0.15, 0.2) is 60.1 Å². The Morgan fingerprint density at radius 3 is 2.38 bits per heavy atom. The van der Waals surface area contributed by atoms with Gasteiger partial charge in [0.1, 0.15) is 5.01 Å². The zero-order valence-electron chi connectivity index (χ0n) is 11.5. The molecule has 2 aromatic carbocycles. The Bertz CT molecular complexity index is 731. The molecule has 0 spiro atoms. The van der Waals surface area contributed by atoms with Crippen molar-refractivity contribution in [3.05, 3.63) is 71.2 Å². The molecule has 0 bridgehead atoms. The van der Waals surface area contributed by atoms with Crippen LogP contribution in [-0.2, 0) is 0 Å². The molecule has 0 aliphatic heterocycles. The van der Waals surface area contributed by atoms with Crippen molar-refractivity contribution in [1.82, 2.24) is 4.98 Å². The summed E-state index contributed by atoms with van der Waals surface area (Å²) in [6.45, 7) is 2.00. The number of nitrogens with zero attached hydrogens (tertiary/aromatic N) is 1. The number of aryl methyl sites for hydroxylation is 1. The van der Waals surface area contributed by atoms with Crippen molar-refractivity contribution in [2.24, 2.45) is 0 Å². The van der Waals surface area contributed by atoms with Crippen LogP contribution in [0.1, 0.15) is 15.9 Å². The lowest BCUT2D eigenvalue weighted by Crippen LogP contribution is -2.11. The van der Waals surface area contributed by atoms with Crippen LogP contribution in [0.2, 0.25) is 0 Å². The molecule has 0 saturated carbocycles. The topological polar surface area (TPSA) is 42.0 Å². The van der Waals surface area contributed by atoms with Crippen molar-refractivity contribution >= 4 is 22.9 Å². The number of amides is 1. The van der Waals surface area contributed by atoms with Crippen LogP contribution >= 0.6 is 11.3 Å². The Morgan fingerprint density at radius 1 is 1.05 bits per heavy atom. The average Bonchev–Trinajstić information content (AvgIpc) is 3.03. The minimum atomic E-state index is -0.100. The normalized spacial score (nSPS) is 10.3. The summed E-state index contributed by atoms with van der Waals surface area (Å²) >= 11 is 1.60. The van der Waals surface area contributed by atoms with Crippen LogP contribution in [0, 0.1) is 6.92 Å². The minimum absolute atomic E-state index is 0.100. The van der Waals surface area contributed by atoms with Crippen molar-refractivity contribution in [2.75, 3.05) is 5.32 Å². The van der Waals surface area contributed by atoms with E-state index in [9.17, 15) is 4.79 Å². The molecular formula is C17H14N2OS. The maximum absolute atomic E-state index is 12.1. The largest absolute Gasteiger partial charge is 0.322 e. The highest BCUT2D eigenvalue weighted by atomic mass is 32.1. The molecule has 3 rings (SSSR count). The number of rotatable bonds is 3. The summed E-state index contributed by atoms with van der Waals surface area (Å²) in [6.07, 6.45) is 1.78. The molecule has 0 fully saturated rings. The van der Waals surface area contributed by atoms with Gasteiger partial charge in [0.15, 0.2) is 0 Å². The summed E-state index contributed by atoms with van der Waals surface area (Å²) in [7, 11) is 0. The molecule has 1 aromatic heterocycles. The molecule has 0 atom stereocenters. The lowest BCUT2D eigenvalue weighted by molar-refractivity contribution is 0.102. The Kier molecular flexibility index (Phi) is 3.79. The third kappa shape index (κ3) is 3.17. The predicted molar refractivity (Wildman–Crippen MR) is 86.7 cm³/mol. The van der Waals surface area contributed by atoms with Gasteiger partial charge in [-0.2, -0.15) is 0 Å². The first-order valence-electron chi connectivity index (χ1n) is 6.60. The van der Waals surface area contributed by atoms with Crippen LogP contribution in [0.3, 0.4) is 0 Å². The predicted octanol–water partition coefficient (Wildman–Crippen LogP) is 4.37. The second-order valence-corrected chi connectivity index (χ2v) is 5.63. The van der Waals surface area contributed by atoms with Crippen molar-refractivity contribution in [3.8, 4) is 10.6 Å². The second-order valence-electron chi connectivity index (χ2n) is 4.73. The van der Waals surface area contributed by atoms with Gasteiger partial charge in [0.2, 0.25) is 0 Å². The van der Waals surface area contributed by atoms with Gasteiger partial charge >= 0.3 is 0 Å². The Labute approximate surface area is 127 Å². The van der Waals surface area contributed by atoms with Crippen molar-refractivity contribution < 1.29 is 4.79 Å². The fourth-order valence-corrected chi connectivity index (χ4v) is 2.61. The number of nitrogens with one attached hydrogen (secondary N) is 1. The van der Waals surface area contributed by atoms with Crippen molar-refractivity contribution in [2.45, 2.75) is 6.92 Å². The average molecular weight is 294 g/mol. The number of carbonyl (C=O) groups is 1. The third-order valence-electron chi connectivity index (χ3n) is 3.14. The van der Waals surface area contributed by atoms with E-state index in [0.29, 0.717) is 5.56 Å². The van der Waals surface area contributed by atoms with E-state index in [1.54, 1.807) is 17.5 Å². The van der Waals surface area contributed by atoms with Gasteiger partial charge in [0.25, 0.3) is 5.91 Å². The van der Waals surface area contributed by atoms with Crippen LogP contribution < -0.4 is 5.32 Å². The zero-order valence-corrected chi connectivity index (χ0v) is 12.4. The van der Waals surface area contributed by atoms with Crippen molar-refractivity contribution in [1.29, 1.82) is 0 Å². The molecule has 0 aliphatic rings. The molecule has 1 amide bonds. The van der Waals surface area contributed by atoms with Crippen molar-refractivity contribution in [3.63, 3.8) is 0 Å². The molecule has 0 aliphatic carbocycles. The zero-order chi connectivity index (χ0) is 14.7. The molecule has 1 N–H and O–H groups in total. The van der Waals surface area contributed by atoms with Gasteiger partial charge < -0.3 is 5.32 Å². The smallest absolute Gasteiger partial charge is 0.255 e. The number of hydrogen-bond acceptors (Lipinski definition) is 3. The molecule has 104 valence electrons. The molecule has 4 heteroatoms. The van der Waals surface area contributed by atoms with Gasteiger partial charge in [-0.25, -0.2) is 4.98 Å². The first kappa shape index (κ1) is 13.5. The van der Waals surface area contributed by atoms with Gasteiger partial charge in [-0.1, -0.05) is 17.7 Å². The van der Waals surface area contributed by atoms with E-state index in [2.05, 4.69) is 10.3 Å². The Hall–Kier alpha value is -2.46. The number of hydrogen-bond donors (Lipinski definition) is 1. The highest BCUT2D eigenvalue weighted by molar-refractivity contribution is 7.13. The fraction of sp³-hybridized carbons (Fsp3) is 0.0588. The first-order chi connectivity index (χ1) is 10.2. The maximum atomic E-state index is 12.1. The SMILES string of the molecule is Cc1ccc(C(=O)Nc2ccc(-c3nccs3)cc2)cc1. The number of thiazole rings is 1. The Balaban J connectivity index is 1.73. The van der Waals surface area contributed by atoms with E-state index in [1.165, 1.54) is 0 Å². The van der Waals surface area contributed by atoms with Crippen LogP contribution in [0.5, 0.6) is 0 Å². The molecule has 3 aromatic rings. The Morgan fingerprint density at radius 2 is 1.76 bits per heavy atom. The summed E-state index contributed by atoms with van der Waals surface area (Å²) in [4.78, 5) is 16.4. The third-order valence-corrected chi connectivity index (χ3v) is 3.96. The molecule has 0 saturated heterocycles. The second kappa shape index (κ2) is 5.89. The monoisotopic (exact) mass is 294 g/mol. The molecule has 21 heavy (non-hydrogen) atoms. The molecular weight excluding hydrogens is 280 g/mol. The van der Waals surface area contributed by atoms with Gasteiger partial charge in [-0.15, -0.1) is 11.3 Å². The van der Waals surface area contributed by atoms with E-state index in [-0.39, 0.29) is 5.91 Å². The van der Waals surface area contributed by atoms with Gasteiger partial charge in [0, 0.05) is 28.4 Å². The van der Waals surface area contributed by atoms with Crippen LogP contribution in [0.4, 0.5) is 5.69 Å². The van der Waals surface area contributed by atoms with Gasteiger partial charge in [0.05, 0.1) is 0 Å². The van der Waals surface area contributed by atoms with Crippen LogP contribution in [-0.4, -0.2) is 10.9 Å². The lowest BCUT2D eigenvalue weighted by atomic mass is 10.1. The first-order valence-corrected chi connectivity index (χ1v) is 7.48. The van der Waals surface area contributed by atoms with E-state index in [4.69, 9.17) is 0 Å². The summed E-state index contributed by atoms with van der Waals surface area (Å²) in [5, 5.41) is 5.82. The van der Waals surface area contributed by atoms with Gasteiger partial charge in [-0.05, 0) is 43.3 Å². The number of benzene rings is 2. The minimum Gasteiger partial charge on any atom is -0.322 e. The molecule has 1 heterocycles.